The number of carbonyl (C=O) groups is 1. The summed E-state index contributed by atoms with van der Waals surface area (Å²) < 4.78 is 25.3. The van der Waals surface area contributed by atoms with E-state index in [0.29, 0.717) is 28.4 Å². The van der Waals surface area contributed by atoms with Gasteiger partial charge >= 0.3 is 0 Å². The van der Waals surface area contributed by atoms with E-state index in [1.54, 1.807) is 31.2 Å². The molecule has 0 aliphatic heterocycles. The Morgan fingerprint density at radius 3 is 2.60 bits per heavy atom. The van der Waals surface area contributed by atoms with Crippen LogP contribution in [0.2, 0.25) is 0 Å². The normalized spacial score (nSPS) is 15.2. The number of halogens is 2. The Bertz CT molecular complexity index is 722. The average Bonchev–Trinajstić information content (AvgIpc) is 3.27. The van der Waals surface area contributed by atoms with E-state index in [1.165, 1.54) is 23.1 Å². The van der Waals surface area contributed by atoms with Crippen LogP contribution >= 0.6 is 34.9 Å². The SMILES string of the molecule is C[C@@H](Sc1nnc(NC2CC2)s1)C(=O)Nc1ccc(SC(F)F)cc1. The maximum atomic E-state index is 12.3. The molecule has 2 aromatic rings. The van der Waals surface area contributed by atoms with Crippen molar-refractivity contribution >= 4 is 51.6 Å². The van der Waals surface area contributed by atoms with Gasteiger partial charge in [0.05, 0.1) is 5.25 Å². The molecule has 1 aliphatic rings. The lowest BCUT2D eigenvalue weighted by Crippen LogP contribution is -2.22. The second-order valence-electron chi connectivity index (χ2n) is 5.44. The van der Waals surface area contributed by atoms with Crippen LogP contribution in [0.5, 0.6) is 0 Å². The molecule has 1 atom stereocenters. The first kappa shape index (κ1) is 18.4. The minimum absolute atomic E-state index is 0.175. The molecule has 0 spiro atoms. The van der Waals surface area contributed by atoms with Gasteiger partial charge < -0.3 is 10.6 Å². The number of thioether (sulfide) groups is 2. The van der Waals surface area contributed by atoms with Crippen LogP contribution in [0.1, 0.15) is 19.8 Å². The zero-order chi connectivity index (χ0) is 17.8. The lowest BCUT2D eigenvalue weighted by atomic mass is 10.3. The zero-order valence-corrected chi connectivity index (χ0v) is 15.7. The fourth-order valence-corrected chi connectivity index (χ4v) is 4.36. The number of alkyl halides is 2. The summed E-state index contributed by atoms with van der Waals surface area (Å²) in [6.45, 7) is 1.79. The van der Waals surface area contributed by atoms with Crippen molar-refractivity contribution in [3.05, 3.63) is 24.3 Å². The lowest BCUT2D eigenvalue weighted by Gasteiger charge is -2.10. The van der Waals surface area contributed by atoms with Gasteiger partial charge in [-0.3, -0.25) is 4.79 Å². The highest BCUT2D eigenvalue weighted by Gasteiger charge is 2.23. The van der Waals surface area contributed by atoms with Crippen molar-refractivity contribution in [1.29, 1.82) is 0 Å². The van der Waals surface area contributed by atoms with E-state index in [2.05, 4.69) is 20.8 Å². The van der Waals surface area contributed by atoms with E-state index in [9.17, 15) is 13.6 Å². The van der Waals surface area contributed by atoms with Crippen molar-refractivity contribution in [3.8, 4) is 0 Å². The van der Waals surface area contributed by atoms with E-state index in [4.69, 9.17) is 0 Å². The smallest absolute Gasteiger partial charge is 0.288 e. The van der Waals surface area contributed by atoms with Crippen molar-refractivity contribution in [2.75, 3.05) is 10.6 Å². The number of hydrogen-bond acceptors (Lipinski definition) is 7. The largest absolute Gasteiger partial charge is 0.357 e. The second kappa shape index (κ2) is 8.33. The molecule has 2 N–H and O–H groups in total. The first-order valence-corrected chi connectivity index (χ1v) is 10.2. The van der Waals surface area contributed by atoms with Crippen molar-refractivity contribution in [2.24, 2.45) is 0 Å². The third-order valence-corrected chi connectivity index (χ3v) is 6.07. The Morgan fingerprint density at radius 2 is 1.96 bits per heavy atom. The summed E-state index contributed by atoms with van der Waals surface area (Å²) in [6.07, 6.45) is 2.32. The number of anilines is 2. The summed E-state index contributed by atoms with van der Waals surface area (Å²) >= 11 is 3.25. The van der Waals surface area contributed by atoms with Gasteiger partial charge in [0.1, 0.15) is 0 Å². The van der Waals surface area contributed by atoms with Gasteiger partial charge in [0.25, 0.3) is 5.76 Å². The van der Waals surface area contributed by atoms with Gasteiger partial charge in [0.2, 0.25) is 11.0 Å². The molecule has 1 fully saturated rings. The van der Waals surface area contributed by atoms with Gasteiger partial charge in [-0.05, 0) is 44.0 Å². The molecule has 134 valence electrons. The summed E-state index contributed by atoms with van der Waals surface area (Å²) in [7, 11) is 0. The molecule has 1 aromatic heterocycles. The van der Waals surface area contributed by atoms with E-state index in [-0.39, 0.29) is 11.2 Å². The minimum atomic E-state index is -2.46. The Balaban J connectivity index is 1.50. The van der Waals surface area contributed by atoms with Gasteiger partial charge in [0.15, 0.2) is 4.34 Å². The number of nitrogens with zero attached hydrogens (tertiary/aromatic N) is 2. The number of carbonyl (C=O) groups excluding carboxylic acids is 1. The first-order valence-electron chi connectivity index (χ1n) is 7.62. The Hall–Kier alpha value is -1.39. The van der Waals surface area contributed by atoms with E-state index < -0.39 is 5.76 Å². The molecule has 0 saturated heterocycles. The van der Waals surface area contributed by atoms with Crippen molar-refractivity contribution in [3.63, 3.8) is 0 Å². The van der Waals surface area contributed by atoms with Crippen LogP contribution in [0.25, 0.3) is 0 Å². The molecule has 0 radical (unpaired) electrons. The van der Waals surface area contributed by atoms with Crippen molar-refractivity contribution in [2.45, 2.75) is 46.0 Å². The highest BCUT2D eigenvalue weighted by Crippen LogP contribution is 2.32. The summed E-state index contributed by atoms with van der Waals surface area (Å²) in [5.41, 5.74) is 0.574. The topological polar surface area (TPSA) is 66.9 Å². The Kier molecular flexibility index (Phi) is 6.13. The third-order valence-electron chi connectivity index (χ3n) is 3.31. The van der Waals surface area contributed by atoms with Crippen LogP contribution in [0.4, 0.5) is 19.6 Å². The molecular weight excluding hydrogens is 386 g/mol. The minimum Gasteiger partial charge on any atom is -0.357 e. The molecule has 1 aromatic carbocycles. The average molecular weight is 403 g/mol. The molecule has 10 heteroatoms. The molecular formula is C15H16F2N4OS3. The van der Waals surface area contributed by atoms with Crippen LogP contribution < -0.4 is 10.6 Å². The summed E-state index contributed by atoms with van der Waals surface area (Å²) in [5, 5.41) is 14.6. The predicted molar refractivity (Wildman–Crippen MR) is 98.8 cm³/mol. The summed E-state index contributed by atoms with van der Waals surface area (Å²) in [4.78, 5) is 12.7. The zero-order valence-electron chi connectivity index (χ0n) is 13.2. The number of benzene rings is 1. The van der Waals surface area contributed by atoms with Crippen LogP contribution in [-0.2, 0) is 4.79 Å². The Morgan fingerprint density at radius 1 is 1.24 bits per heavy atom. The fourth-order valence-electron chi connectivity index (χ4n) is 1.89. The van der Waals surface area contributed by atoms with Gasteiger partial charge in [0, 0.05) is 16.6 Å². The van der Waals surface area contributed by atoms with Crippen LogP contribution in [0.3, 0.4) is 0 Å². The third kappa shape index (κ3) is 5.82. The molecule has 0 unspecified atom stereocenters. The molecule has 1 heterocycles. The summed E-state index contributed by atoms with van der Waals surface area (Å²) in [6, 6.07) is 6.86. The number of nitrogens with one attached hydrogen (secondary N) is 2. The monoisotopic (exact) mass is 402 g/mol. The number of rotatable bonds is 8. The summed E-state index contributed by atoms with van der Waals surface area (Å²) in [5.74, 6) is -2.63. The van der Waals surface area contributed by atoms with Gasteiger partial charge in [-0.15, -0.1) is 10.2 Å². The molecule has 1 saturated carbocycles. The number of hydrogen-bond donors (Lipinski definition) is 2. The molecule has 5 nitrogen and oxygen atoms in total. The maximum absolute atomic E-state index is 12.3. The lowest BCUT2D eigenvalue weighted by molar-refractivity contribution is -0.115. The fraction of sp³-hybridized carbons (Fsp3) is 0.400. The standard InChI is InChI=1S/C15H16F2N4OS3/c1-8(23-15-21-20-14(25-15)19-10-2-3-10)12(22)18-9-4-6-11(7-5-9)24-13(16)17/h4-8,10,13H,2-3H2,1H3,(H,18,22)(H,19,20)/t8-/m1/s1. The van der Waals surface area contributed by atoms with Crippen molar-refractivity contribution < 1.29 is 13.6 Å². The molecule has 1 amide bonds. The molecule has 1 aliphatic carbocycles. The highest BCUT2D eigenvalue weighted by atomic mass is 32.2. The highest BCUT2D eigenvalue weighted by molar-refractivity contribution is 8.02. The molecule has 3 rings (SSSR count). The molecule has 25 heavy (non-hydrogen) atoms. The van der Waals surface area contributed by atoms with E-state index >= 15 is 0 Å². The van der Waals surface area contributed by atoms with Gasteiger partial charge in [-0.2, -0.15) is 8.78 Å². The van der Waals surface area contributed by atoms with Crippen LogP contribution in [0, 0.1) is 0 Å². The van der Waals surface area contributed by atoms with Crippen LogP contribution in [0.15, 0.2) is 33.5 Å². The van der Waals surface area contributed by atoms with E-state index in [0.717, 1.165) is 22.3 Å². The van der Waals surface area contributed by atoms with Gasteiger partial charge in [-0.1, -0.05) is 34.9 Å². The van der Waals surface area contributed by atoms with Gasteiger partial charge in [-0.25, -0.2) is 0 Å². The number of amides is 1. The first-order chi connectivity index (χ1) is 12.0. The second-order valence-corrected chi connectivity index (χ2v) is 9.07. The predicted octanol–water partition coefficient (Wildman–Crippen LogP) is 4.55. The maximum Gasteiger partial charge on any atom is 0.288 e. The van der Waals surface area contributed by atoms with E-state index in [1.807, 2.05) is 0 Å². The quantitative estimate of drug-likeness (QED) is 0.632. The Labute approximate surface area is 156 Å². The number of aromatic nitrogens is 2. The van der Waals surface area contributed by atoms with Crippen molar-refractivity contribution in [1.82, 2.24) is 10.2 Å². The van der Waals surface area contributed by atoms with Crippen LogP contribution in [-0.4, -0.2) is 33.2 Å². The molecule has 0 bridgehead atoms.